The molecule has 1 N–H and O–H groups in total. The Balaban J connectivity index is 1.37. The maximum Gasteiger partial charge on any atom is 0.419 e. The van der Waals surface area contributed by atoms with Crippen LogP contribution in [0.15, 0.2) is 36.5 Å². The van der Waals surface area contributed by atoms with Crippen molar-refractivity contribution in [3.05, 3.63) is 58.9 Å². The molecule has 0 spiro atoms. The topological polar surface area (TPSA) is 60.4 Å². The number of benzene rings is 1. The number of halogens is 3. The Morgan fingerprint density at radius 3 is 2.59 bits per heavy atom. The zero-order valence-corrected chi connectivity index (χ0v) is 24.2. The van der Waals surface area contributed by atoms with Crippen molar-refractivity contribution in [2.24, 2.45) is 0 Å². The molecule has 10 heteroatoms. The molecule has 1 unspecified atom stereocenters. The third kappa shape index (κ3) is 5.28. The molecule has 3 aromatic rings. The van der Waals surface area contributed by atoms with Crippen LogP contribution >= 0.6 is 0 Å². The molecule has 218 valence electrons. The lowest BCUT2D eigenvalue weighted by Gasteiger charge is -2.38. The monoisotopic (exact) mass is 565 g/mol. The van der Waals surface area contributed by atoms with Gasteiger partial charge in [-0.05, 0) is 67.9 Å². The van der Waals surface area contributed by atoms with E-state index in [1.165, 1.54) is 23.5 Å². The molecular weight excluding hydrogens is 527 g/mol. The highest BCUT2D eigenvalue weighted by molar-refractivity contribution is 5.70. The van der Waals surface area contributed by atoms with E-state index in [9.17, 15) is 13.2 Å². The number of pyridine rings is 1. The zero-order valence-electron chi connectivity index (χ0n) is 24.2. The number of rotatable bonds is 4. The van der Waals surface area contributed by atoms with Gasteiger partial charge >= 0.3 is 6.18 Å². The van der Waals surface area contributed by atoms with Crippen molar-refractivity contribution in [3.63, 3.8) is 0 Å². The third-order valence-corrected chi connectivity index (χ3v) is 9.01. The zero-order chi connectivity index (χ0) is 28.9. The normalized spacial score (nSPS) is 20.5. The van der Waals surface area contributed by atoms with Crippen LogP contribution in [0, 0.1) is 0 Å². The Hall–Kier alpha value is -3.56. The summed E-state index contributed by atoms with van der Waals surface area (Å²) in [5.41, 5.74) is 4.73. The smallest absolute Gasteiger partial charge is 0.374 e. The molecule has 0 bridgehead atoms. The molecular formula is C31H38F3N7. The Bertz CT molecular complexity index is 1440. The quantitative estimate of drug-likeness (QED) is 0.396. The van der Waals surface area contributed by atoms with Crippen LogP contribution in [0.2, 0.25) is 0 Å². The SMILES string of the molecule is CC1CCCN1c1nc2c(c(Nc3ccc4c(c3)N(C)CCC4(C)C)n1)CCN(c1ncccc1C(F)(F)F)CC2. The molecule has 1 fully saturated rings. The molecule has 1 atom stereocenters. The lowest BCUT2D eigenvalue weighted by Crippen LogP contribution is -2.34. The summed E-state index contributed by atoms with van der Waals surface area (Å²) in [6.45, 7) is 9.45. The van der Waals surface area contributed by atoms with Crippen molar-refractivity contribution >= 4 is 29.0 Å². The number of hydrogen-bond donors (Lipinski definition) is 1. The predicted molar refractivity (Wildman–Crippen MR) is 158 cm³/mol. The van der Waals surface area contributed by atoms with Gasteiger partial charge < -0.3 is 20.0 Å². The second-order valence-corrected chi connectivity index (χ2v) is 12.3. The summed E-state index contributed by atoms with van der Waals surface area (Å²) in [7, 11) is 2.13. The number of anilines is 5. The first-order valence-electron chi connectivity index (χ1n) is 14.6. The van der Waals surface area contributed by atoms with E-state index in [0.29, 0.717) is 37.9 Å². The molecule has 0 radical (unpaired) electrons. The van der Waals surface area contributed by atoms with Gasteiger partial charge in [0.25, 0.3) is 0 Å². The Labute approximate surface area is 239 Å². The predicted octanol–water partition coefficient (Wildman–Crippen LogP) is 6.35. The molecule has 2 aromatic heterocycles. The maximum absolute atomic E-state index is 13.8. The number of alkyl halides is 3. The van der Waals surface area contributed by atoms with E-state index in [0.717, 1.165) is 61.2 Å². The second-order valence-electron chi connectivity index (χ2n) is 12.3. The largest absolute Gasteiger partial charge is 0.419 e. The summed E-state index contributed by atoms with van der Waals surface area (Å²) in [5.74, 6) is 1.40. The van der Waals surface area contributed by atoms with E-state index < -0.39 is 11.7 Å². The molecule has 3 aliphatic heterocycles. The van der Waals surface area contributed by atoms with E-state index in [2.05, 4.69) is 66.1 Å². The Morgan fingerprint density at radius 2 is 1.83 bits per heavy atom. The minimum absolute atomic E-state index is 0.0241. The average molecular weight is 566 g/mol. The van der Waals surface area contributed by atoms with Crippen molar-refractivity contribution < 1.29 is 13.2 Å². The summed E-state index contributed by atoms with van der Waals surface area (Å²) in [5, 5.41) is 3.61. The van der Waals surface area contributed by atoms with Gasteiger partial charge in [-0.3, -0.25) is 0 Å². The minimum atomic E-state index is -4.47. The molecule has 41 heavy (non-hydrogen) atoms. The van der Waals surface area contributed by atoms with E-state index in [4.69, 9.17) is 9.97 Å². The Kier molecular flexibility index (Phi) is 6.98. The summed E-state index contributed by atoms with van der Waals surface area (Å²) < 4.78 is 41.5. The highest BCUT2D eigenvalue weighted by Gasteiger charge is 2.36. The molecule has 0 aliphatic carbocycles. The summed E-state index contributed by atoms with van der Waals surface area (Å²) in [6, 6.07) is 9.29. The first kappa shape index (κ1) is 27.6. The average Bonchev–Trinajstić information content (AvgIpc) is 3.24. The molecule has 1 saturated heterocycles. The lowest BCUT2D eigenvalue weighted by molar-refractivity contribution is -0.137. The van der Waals surface area contributed by atoms with E-state index in [-0.39, 0.29) is 11.2 Å². The fourth-order valence-corrected chi connectivity index (χ4v) is 6.47. The highest BCUT2D eigenvalue weighted by atomic mass is 19.4. The summed E-state index contributed by atoms with van der Waals surface area (Å²) in [6.07, 6.45) is 1.26. The highest BCUT2D eigenvalue weighted by Crippen LogP contribution is 2.41. The van der Waals surface area contributed by atoms with Gasteiger partial charge in [-0.1, -0.05) is 19.9 Å². The lowest BCUT2D eigenvalue weighted by atomic mass is 9.78. The van der Waals surface area contributed by atoms with Crippen molar-refractivity contribution in [2.45, 2.75) is 70.5 Å². The molecule has 6 rings (SSSR count). The molecule has 3 aliphatic rings. The first-order valence-corrected chi connectivity index (χ1v) is 14.6. The number of fused-ring (bicyclic) bond motifs is 2. The number of aromatic nitrogens is 3. The van der Waals surface area contributed by atoms with Gasteiger partial charge in [-0.2, -0.15) is 18.2 Å². The second kappa shape index (κ2) is 10.4. The van der Waals surface area contributed by atoms with Crippen molar-refractivity contribution in [1.29, 1.82) is 0 Å². The summed E-state index contributed by atoms with van der Waals surface area (Å²) in [4.78, 5) is 20.5. The van der Waals surface area contributed by atoms with Crippen LogP contribution in [-0.4, -0.2) is 54.2 Å². The van der Waals surface area contributed by atoms with Crippen LogP contribution in [-0.2, 0) is 24.4 Å². The van der Waals surface area contributed by atoms with Crippen LogP contribution in [0.4, 0.5) is 42.1 Å². The standard InChI is InChI=1S/C31H38F3N7/c1-20-7-6-15-41(20)29-37-25-12-17-40(28-24(31(32,33)34)8-5-14-35-28)16-11-22(25)27(38-29)36-21-9-10-23-26(19-21)39(4)18-13-30(23,2)3/h5,8-10,14,19-20H,6-7,11-13,15-18H2,1-4H3,(H,36,37,38). The van der Waals surface area contributed by atoms with Crippen LogP contribution in [0.3, 0.4) is 0 Å². The van der Waals surface area contributed by atoms with E-state index >= 15 is 0 Å². The van der Waals surface area contributed by atoms with Gasteiger partial charge in [-0.25, -0.2) is 9.97 Å². The van der Waals surface area contributed by atoms with Crippen LogP contribution in [0.25, 0.3) is 0 Å². The van der Waals surface area contributed by atoms with E-state index in [1.54, 1.807) is 4.90 Å². The molecule has 0 amide bonds. The van der Waals surface area contributed by atoms with Gasteiger partial charge in [0.15, 0.2) is 0 Å². The third-order valence-electron chi connectivity index (χ3n) is 9.01. The number of nitrogens with one attached hydrogen (secondary N) is 1. The molecule has 0 saturated carbocycles. The minimum Gasteiger partial charge on any atom is -0.374 e. The fraction of sp³-hybridized carbons (Fsp3) is 0.516. The van der Waals surface area contributed by atoms with Gasteiger partial charge in [0.1, 0.15) is 11.6 Å². The Morgan fingerprint density at radius 1 is 1.02 bits per heavy atom. The number of nitrogens with zero attached hydrogens (tertiary/aromatic N) is 6. The van der Waals surface area contributed by atoms with Crippen molar-refractivity contribution in [1.82, 2.24) is 15.0 Å². The van der Waals surface area contributed by atoms with Crippen LogP contribution in [0.1, 0.15) is 62.4 Å². The van der Waals surface area contributed by atoms with Gasteiger partial charge in [0, 0.05) is 68.8 Å². The molecule has 5 heterocycles. The maximum atomic E-state index is 13.8. The molecule has 1 aromatic carbocycles. The first-order chi connectivity index (χ1) is 19.5. The summed E-state index contributed by atoms with van der Waals surface area (Å²) >= 11 is 0. The van der Waals surface area contributed by atoms with Gasteiger partial charge in [0.05, 0.1) is 11.3 Å². The van der Waals surface area contributed by atoms with E-state index in [1.807, 2.05) is 0 Å². The molecule has 7 nitrogen and oxygen atoms in total. The van der Waals surface area contributed by atoms with Gasteiger partial charge in [-0.15, -0.1) is 0 Å². The van der Waals surface area contributed by atoms with Crippen LogP contribution < -0.4 is 20.0 Å². The van der Waals surface area contributed by atoms with Crippen molar-refractivity contribution in [2.75, 3.05) is 53.2 Å². The van der Waals surface area contributed by atoms with Crippen LogP contribution in [0.5, 0.6) is 0 Å². The van der Waals surface area contributed by atoms with Gasteiger partial charge in [0.2, 0.25) is 5.95 Å². The van der Waals surface area contributed by atoms with Crippen molar-refractivity contribution in [3.8, 4) is 0 Å². The number of hydrogen-bond acceptors (Lipinski definition) is 7. The fourth-order valence-electron chi connectivity index (χ4n) is 6.47.